The van der Waals surface area contributed by atoms with E-state index in [9.17, 15) is 9.59 Å². The van der Waals surface area contributed by atoms with E-state index in [-0.39, 0.29) is 23.8 Å². The van der Waals surface area contributed by atoms with E-state index in [4.69, 9.17) is 4.74 Å². The van der Waals surface area contributed by atoms with Crippen molar-refractivity contribution in [3.63, 3.8) is 0 Å². The summed E-state index contributed by atoms with van der Waals surface area (Å²) < 4.78 is 5.43. The van der Waals surface area contributed by atoms with Crippen LogP contribution >= 0.6 is 0 Å². The average molecular weight is 283 g/mol. The zero-order chi connectivity index (χ0) is 14.5. The Balaban J connectivity index is 1.79. The van der Waals surface area contributed by atoms with Gasteiger partial charge in [0.2, 0.25) is 5.91 Å². The maximum absolute atomic E-state index is 12.2. The lowest BCUT2D eigenvalue weighted by molar-refractivity contribution is -0.147. The van der Waals surface area contributed by atoms with Crippen LogP contribution in [-0.2, 0) is 14.3 Å². The van der Waals surface area contributed by atoms with E-state index in [1.807, 2.05) is 23.8 Å². The molecule has 20 heavy (non-hydrogen) atoms. The van der Waals surface area contributed by atoms with Crippen LogP contribution < -0.4 is 5.32 Å². The van der Waals surface area contributed by atoms with Crippen molar-refractivity contribution in [3.05, 3.63) is 0 Å². The molecule has 0 aromatic heterocycles. The number of nitrogens with zero attached hydrogens (tertiary/aromatic N) is 2. The molecular formula is C14H25N3O3. The fourth-order valence-corrected chi connectivity index (χ4v) is 2.83. The van der Waals surface area contributed by atoms with Crippen LogP contribution in [0.2, 0.25) is 0 Å². The highest BCUT2D eigenvalue weighted by molar-refractivity contribution is 5.82. The van der Waals surface area contributed by atoms with Gasteiger partial charge in [-0.25, -0.2) is 0 Å². The summed E-state index contributed by atoms with van der Waals surface area (Å²) in [6.07, 6.45) is 1.55. The van der Waals surface area contributed by atoms with Crippen molar-refractivity contribution in [2.75, 3.05) is 46.4 Å². The Morgan fingerprint density at radius 2 is 1.90 bits per heavy atom. The van der Waals surface area contributed by atoms with Gasteiger partial charge in [0.05, 0.1) is 0 Å². The summed E-state index contributed by atoms with van der Waals surface area (Å²) in [6, 6.07) is 0. The minimum Gasteiger partial charge on any atom is -0.368 e. The first-order chi connectivity index (χ1) is 9.63. The third-order valence-corrected chi connectivity index (χ3v) is 4.04. The summed E-state index contributed by atoms with van der Waals surface area (Å²) in [4.78, 5) is 28.1. The lowest BCUT2D eigenvalue weighted by Crippen LogP contribution is -2.54. The van der Waals surface area contributed by atoms with Gasteiger partial charge in [-0.05, 0) is 19.9 Å². The van der Waals surface area contributed by atoms with Crippen molar-refractivity contribution in [3.8, 4) is 0 Å². The van der Waals surface area contributed by atoms with Crippen molar-refractivity contribution >= 4 is 11.8 Å². The second-order valence-corrected chi connectivity index (χ2v) is 5.61. The molecule has 2 rings (SSSR count). The SMILES string of the molecule is CNCC(C)C(=O)N1CCN(C(=O)C2CCCO2)CC1. The van der Waals surface area contributed by atoms with E-state index < -0.39 is 0 Å². The van der Waals surface area contributed by atoms with Crippen molar-refractivity contribution in [1.82, 2.24) is 15.1 Å². The fraction of sp³-hybridized carbons (Fsp3) is 0.857. The molecule has 2 heterocycles. The molecule has 1 N–H and O–H groups in total. The highest BCUT2D eigenvalue weighted by atomic mass is 16.5. The molecule has 2 fully saturated rings. The summed E-state index contributed by atoms with van der Waals surface area (Å²) in [7, 11) is 1.85. The zero-order valence-electron chi connectivity index (χ0n) is 12.4. The van der Waals surface area contributed by atoms with Gasteiger partial charge in [-0.2, -0.15) is 0 Å². The van der Waals surface area contributed by atoms with Crippen molar-refractivity contribution in [2.45, 2.75) is 25.9 Å². The normalized spacial score (nSPS) is 24.8. The molecule has 0 saturated carbocycles. The minimum absolute atomic E-state index is 0.0135. The summed E-state index contributed by atoms with van der Waals surface area (Å²) in [6.45, 7) is 5.82. The molecule has 2 amide bonds. The van der Waals surface area contributed by atoms with Crippen LogP contribution in [0.5, 0.6) is 0 Å². The topological polar surface area (TPSA) is 61.9 Å². The van der Waals surface area contributed by atoms with Crippen molar-refractivity contribution in [2.24, 2.45) is 5.92 Å². The van der Waals surface area contributed by atoms with Crippen molar-refractivity contribution in [1.29, 1.82) is 0 Å². The Kier molecular flexibility index (Phi) is 5.37. The number of rotatable bonds is 4. The third kappa shape index (κ3) is 3.49. The molecule has 0 aromatic carbocycles. The van der Waals surface area contributed by atoms with Gasteiger partial charge >= 0.3 is 0 Å². The van der Waals surface area contributed by atoms with Crippen LogP contribution in [0.3, 0.4) is 0 Å². The van der Waals surface area contributed by atoms with Crippen LogP contribution in [0.4, 0.5) is 0 Å². The zero-order valence-corrected chi connectivity index (χ0v) is 12.4. The number of nitrogens with one attached hydrogen (secondary N) is 1. The molecule has 114 valence electrons. The molecule has 2 aliphatic rings. The van der Waals surface area contributed by atoms with E-state index in [0.717, 1.165) is 12.8 Å². The maximum Gasteiger partial charge on any atom is 0.251 e. The number of carbonyl (C=O) groups excluding carboxylic acids is 2. The molecule has 2 atom stereocenters. The van der Waals surface area contributed by atoms with Crippen LogP contribution in [0.15, 0.2) is 0 Å². The quantitative estimate of drug-likeness (QED) is 0.769. The first-order valence-electron chi connectivity index (χ1n) is 7.47. The van der Waals surface area contributed by atoms with Gasteiger partial charge in [-0.1, -0.05) is 6.92 Å². The maximum atomic E-state index is 12.2. The van der Waals surface area contributed by atoms with Gasteiger partial charge in [0, 0.05) is 45.2 Å². The Bertz CT molecular complexity index is 348. The lowest BCUT2D eigenvalue weighted by atomic mass is 10.1. The van der Waals surface area contributed by atoms with E-state index in [1.165, 1.54) is 0 Å². The summed E-state index contributed by atoms with van der Waals surface area (Å²) >= 11 is 0. The average Bonchev–Trinajstić information content (AvgIpc) is 3.00. The number of piperazine rings is 1. The second kappa shape index (κ2) is 7.04. The number of hydrogen-bond donors (Lipinski definition) is 1. The van der Waals surface area contributed by atoms with E-state index in [1.54, 1.807) is 0 Å². The fourth-order valence-electron chi connectivity index (χ4n) is 2.83. The van der Waals surface area contributed by atoms with Crippen LogP contribution in [0.25, 0.3) is 0 Å². The first kappa shape index (κ1) is 15.3. The molecule has 0 aliphatic carbocycles. The highest BCUT2D eigenvalue weighted by Crippen LogP contribution is 2.16. The van der Waals surface area contributed by atoms with E-state index in [2.05, 4.69) is 5.32 Å². The van der Waals surface area contributed by atoms with Crippen LogP contribution in [-0.4, -0.2) is 74.1 Å². The Hall–Kier alpha value is -1.14. The highest BCUT2D eigenvalue weighted by Gasteiger charge is 2.31. The van der Waals surface area contributed by atoms with Gasteiger partial charge < -0.3 is 19.9 Å². The molecular weight excluding hydrogens is 258 g/mol. The van der Waals surface area contributed by atoms with Gasteiger partial charge in [0.1, 0.15) is 6.10 Å². The minimum atomic E-state index is -0.250. The summed E-state index contributed by atoms with van der Waals surface area (Å²) in [5, 5.41) is 3.02. The molecule has 2 aliphatic heterocycles. The van der Waals surface area contributed by atoms with Gasteiger partial charge in [-0.3, -0.25) is 9.59 Å². The Morgan fingerprint density at radius 3 is 2.45 bits per heavy atom. The summed E-state index contributed by atoms with van der Waals surface area (Å²) in [5.41, 5.74) is 0. The monoisotopic (exact) mass is 283 g/mol. The number of ether oxygens (including phenoxy) is 1. The Morgan fingerprint density at radius 1 is 1.25 bits per heavy atom. The Labute approximate surface area is 120 Å². The summed E-state index contributed by atoms with van der Waals surface area (Å²) in [5.74, 6) is 0.252. The molecule has 0 spiro atoms. The first-order valence-corrected chi connectivity index (χ1v) is 7.47. The van der Waals surface area contributed by atoms with Gasteiger partial charge in [0.15, 0.2) is 0 Å². The van der Waals surface area contributed by atoms with E-state index >= 15 is 0 Å². The molecule has 6 nitrogen and oxygen atoms in total. The molecule has 0 aromatic rings. The second-order valence-electron chi connectivity index (χ2n) is 5.61. The molecule has 6 heteroatoms. The molecule has 0 radical (unpaired) electrons. The number of amides is 2. The third-order valence-electron chi connectivity index (χ3n) is 4.04. The predicted molar refractivity (Wildman–Crippen MR) is 75.2 cm³/mol. The van der Waals surface area contributed by atoms with Gasteiger partial charge in [0.25, 0.3) is 5.91 Å². The smallest absolute Gasteiger partial charge is 0.251 e. The van der Waals surface area contributed by atoms with Gasteiger partial charge in [-0.15, -0.1) is 0 Å². The molecule has 2 unspecified atom stereocenters. The molecule has 0 bridgehead atoms. The van der Waals surface area contributed by atoms with Crippen LogP contribution in [0.1, 0.15) is 19.8 Å². The lowest BCUT2D eigenvalue weighted by Gasteiger charge is -2.36. The van der Waals surface area contributed by atoms with E-state index in [0.29, 0.717) is 39.3 Å². The number of carbonyl (C=O) groups is 2. The van der Waals surface area contributed by atoms with Crippen LogP contribution in [0, 0.1) is 5.92 Å². The largest absolute Gasteiger partial charge is 0.368 e. The van der Waals surface area contributed by atoms with Crippen molar-refractivity contribution < 1.29 is 14.3 Å². The number of hydrogen-bond acceptors (Lipinski definition) is 4. The molecule has 2 saturated heterocycles. The standard InChI is InChI=1S/C14H25N3O3/c1-11(10-15-2)13(18)16-5-7-17(8-6-16)14(19)12-4-3-9-20-12/h11-12,15H,3-10H2,1-2H3. The predicted octanol–water partition coefficient (Wildman–Crippen LogP) is -0.308.